The van der Waals surface area contributed by atoms with Crippen molar-refractivity contribution < 1.29 is 0 Å². The van der Waals surface area contributed by atoms with Gasteiger partial charge in [0.15, 0.2) is 0 Å². The summed E-state index contributed by atoms with van der Waals surface area (Å²) in [4.78, 5) is 6.53. The maximum absolute atomic E-state index is 4.49. The van der Waals surface area contributed by atoms with Crippen LogP contribution in [0.5, 0.6) is 0 Å². The zero-order valence-electron chi connectivity index (χ0n) is 11.7. The second kappa shape index (κ2) is 5.21. The van der Waals surface area contributed by atoms with Crippen LogP contribution in [0.3, 0.4) is 0 Å². The molecule has 0 aliphatic rings. The molecule has 1 aromatic heterocycles. The van der Waals surface area contributed by atoms with E-state index in [-0.39, 0.29) is 0 Å². The lowest BCUT2D eigenvalue weighted by atomic mass is 10.1. The molecule has 1 N–H and O–H groups in total. The summed E-state index contributed by atoms with van der Waals surface area (Å²) in [5.74, 6) is 0.974. The number of aromatic nitrogens is 1. The lowest BCUT2D eigenvalue weighted by molar-refractivity contribution is 1.08. The van der Waals surface area contributed by atoms with Gasteiger partial charge in [0, 0.05) is 31.4 Å². The molecule has 3 rings (SSSR count). The van der Waals surface area contributed by atoms with Crippen molar-refractivity contribution in [1.29, 1.82) is 0 Å². The fourth-order valence-corrected chi connectivity index (χ4v) is 2.33. The summed E-state index contributed by atoms with van der Waals surface area (Å²) in [5.41, 5.74) is 2.15. The van der Waals surface area contributed by atoms with Gasteiger partial charge in [-0.2, -0.15) is 0 Å². The molecular formula is C17H17N3. The van der Waals surface area contributed by atoms with E-state index in [1.165, 1.54) is 5.39 Å². The van der Waals surface area contributed by atoms with Crippen molar-refractivity contribution in [2.45, 2.75) is 0 Å². The molecule has 0 unspecified atom stereocenters. The lowest BCUT2D eigenvalue weighted by Crippen LogP contribution is -2.11. The molecular weight excluding hydrogens is 246 g/mol. The molecule has 0 saturated heterocycles. The molecule has 100 valence electrons. The van der Waals surface area contributed by atoms with Crippen molar-refractivity contribution in [3.63, 3.8) is 0 Å². The number of rotatable bonds is 3. The fraction of sp³-hybridized carbons (Fsp3) is 0.118. The van der Waals surface area contributed by atoms with Gasteiger partial charge in [-0.05, 0) is 29.7 Å². The first-order chi connectivity index (χ1) is 9.75. The number of hydrogen-bond donors (Lipinski definition) is 1. The molecule has 1 heterocycles. The smallest absolute Gasteiger partial charge is 0.137 e. The van der Waals surface area contributed by atoms with Crippen LogP contribution in [-0.4, -0.2) is 19.1 Å². The number of benzene rings is 2. The summed E-state index contributed by atoms with van der Waals surface area (Å²) in [6.45, 7) is 0. The van der Waals surface area contributed by atoms with Crippen molar-refractivity contribution in [3.8, 4) is 0 Å². The molecule has 3 aromatic rings. The average molecular weight is 263 g/mol. The third kappa shape index (κ3) is 2.30. The van der Waals surface area contributed by atoms with Crippen molar-refractivity contribution in [1.82, 2.24) is 4.98 Å². The normalized spacial score (nSPS) is 10.5. The highest BCUT2D eigenvalue weighted by Gasteiger charge is 2.09. The van der Waals surface area contributed by atoms with Gasteiger partial charge >= 0.3 is 0 Å². The van der Waals surface area contributed by atoms with E-state index in [0.29, 0.717) is 0 Å². The Hall–Kier alpha value is -2.55. The van der Waals surface area contributed by atoms with Crippen molar-refractivity contribution in [2.75, 3.05) is 24.3 Å². The van der Waals surface area contributed by atoms with Crippen LogP contribution >= 0.6 is 0 Å². The maximum atomic E-state index is 4.49. The molecule has 0 spiro atoms. The first-order valence-corrected chi connectivity index (χ1v) is 6.63. The molecule has 0 saturated carbocycles. The Bertz CT molecular complexity index is 715. The van der Waals surface area contributed by atoms with E-state index in [1.54, 1.807) is 0 Å². The molecule has 3 nitrogen and oxygen atoms in total. The van der Waals surface area contributed by atoms with Crippen LogP contribution < -0.4 is 10.2 Å². The molecule has 0 radical (unpaired) electrons. The monoisotopic (exact) mass is 263 g/mol. The Morgan fingerprint density at radius 1 is 0.900 bits per heavy atom. The summed E-state index contributed by atoms with van der Waals surface area (Å²) >= 11 is 0. The van der Waals surface area contributed by atoms with Crippen LogP contribution in [0.4, 0.5) is 17.2 Å². The minimum atomic E-state index is 0.974. The first-order valence-electron chi connectivity index (χ1n) is 6.63. The molecule has 2 aromatic carbocycles. The lowest BCUT2D eigenvalue weighted by Gasteiger charge is -2.17. The summed E-state index contributed by atoms with van der Waals surface area (Å²) < 4.78 is 0. The Balaban J connectivity index is 2.15. The van der Waals surface area contributed by atoms with Crippen LogP contribution in [0.2, 0.25) is 0 Å². The van der Waals surface area contributed by atoms with Gasteiger partial charge in [-0.25, -0.2) is 4.98 Å². The standard InChI is InChI=1S/C17H17N3/c1-20(2)17-16-13(11-12-18-17)7-6-10-15(16)19-14-8-4-3-5-9-14/h3-12,19H,1-2H3. The SMILES string of the molecule is CN(C)c1nccc2cccc(Nc3ccccc3)c12. The third-order valence-electron chi connectivity index (χ3n) is 3.25. The van der Waals surface area contributed by atoms with Crippen molar-refractivity contribution in [3.05, 3.63) is 60.8 Å². The van der Waals surface area contributed by atoms with E-state index in [1.807, 2.05) is 49.5 Å². The van der Waals surface area contributed by atoms with Gasteiger partial charge in [-0.3, -0.25) is 0 Å². The number of fused-ring (bicyclic) bond motifs is 1. The Morgan fingerprint density at radius 3 is 2.45 bits per heavy atom. The number of nitrogens with zero attached hydrogens (tertiary/aromatic N) is 2. The largest absolute Gasteiger partial charge is 0.362 e. The van der Waals surface area contributed by atoms with Crippen LogP contribution in [0.25, 0.3) is 10.8 Å². The Morgan fingerprint density at radius 2 is 1.70 bits per heavy atom. The molecule has 0 bridgehead atoms. The van der Waals surface area contributed by atoms with Crippen LogP contribution in [-0.2, 0) is 0 Å². The minimum absolute atomic E-state index is 0.974. The molecule has 20 heavy (non-hydrogen) atoms. The molecule has 3 heteroatoms. The Labute approximate surface area is 118 Å². The first kappa shape index (κ1) is 12.5. The van der Waals surface area contributed by atoms with Crippen LogP contribution in [0.15, 0.2) is 60.8 Å². The van der Waals surface area contributed by atoms with Gasteiger partial charge in [0.2, 0.25) is 0 Å². The van der Waals surface area contributed by atoms with Crippen LogP contribution in [0, 0.1) is 0 Å². The Kier molecular flexibility index (Phi) is 3.25. The summed E-state index contributed by atoms with van der Waals surface area (Å²) in [6, 6.07) is 18.5. The zero-order valence-corrected chi connectivity index (χ0v) is 11.7. The average Bonchev–Trinajstić information content (AvgIpc) is 2.48. The van der Waals surface area contributed by atoms with Gasteiger partial charge in [-0.1, -0.05) is 30.3 Å². The van der Waals surface area contributed by atoms with Crippen molar-refractivity contribution in [2.24, 2.45) is 0 Å². The third-order valence-corrected chi connectivity index (χ3v) is 3.25. The molecule has 0 fully saturated rings. The summed E-state index contributed by atoms with van der Waals surface area (Å²) in [6.07, 6.45) is 1.85. The second-order valence-electron chi connectivity index (χ2n) is 4.92. The predicted octanol–water partition coefficient (Wildman–Crippen LogP) is 4.04. The maximum Gasteiger partial charge on any atom is 0.137 e. The number of nitrogens with one attached hydrogen (secondary N) is 1. The molecule has 0 amide bonds. The van der Waals surface area contributed by atoms with E-state index < -0.39 is 0 Å². The minimum Gasteiger partial charge on any atom is -0.362 e. The zero-order chi connectivity index (χ0) is 13.9. The predicted molar refractivity (Wildman–Crippen MR) is 85.8 cm³/mol. The quantitative estimate of drug-likeness (QED) is 0.773. The number of pyridine rings is 1. The molecule has 0 aliphatic carbocycles. The van der Waals surface area contributed by atoms with E-state index in [9.17, 15) is 0 Å². The van der Waals surface area contributed by atoms with E-state index in [2.05, 4.69) is 40.6 Å². The van der Waals surface area contributed by atoms with E-state index in [4.69, 9.17) is 0 Å². The van der Waals surface area contributed by atoms with Gasteiger partial charge in [-0.15, -0.1) is 0 Å². The highest BCUT2D eigenvalue weighted by Crippen LogP contribution is 2.32. The summed E-state index contributed by atoms with van der Waals surface area (Å²) in [7, 11) is 4.03. The molecule has 0 atom stereocenters. The highest BCUT2D eigenvalue weighted by molar-refractivity contribution is 6.02. The van der Waals surface area contributed by atoms with E-state index in [0.717, 1.165) is 22.6 Å². The van der Waals surface area contributed by atoms with Crippen LogP contribution in [0.1, 0.15) is 0 Å². The van der Waals surface area contributed by atoms with Gasteiger partial charge in [0.05, 0.1) is 5.69 Å². The highest BCUT2D eigenvalue weighted by atomic mass is 15.1. The second-order valence-corrected chi connectivity index (χ2v) is 4.92. The van der Waals surface area contributed by atoms with Gasteiger partial charge in [0.1, 0.15) is 5.82 Å². The van der Waals surface area contributed by atoms with Gasteiger partial charge < -0.3 is 10.2 Å². The van der Waals surface area contributed by atoms with Gasteiger partial charge in [0.25, 0.3) is 0 Å². The fourth-order valence-electron chi connectivity index (χ4n) is 2.33. The summed E-state index contributed by atoms with van der Waals surface area (Å²) in [5, 5.41) is 5.80. The number of para-hydroxylation sites is 1. The van der Waals surface area contributed by atoms with E-state index >= 15 is 0 Å². The number of hydrogen-bond acceptors (Lipinski definition) is 3. The topological polar surface area (TPSA) is 28.2 Å². The molecule has 0 aliphatic heterocycles. The van der Waals surface area contributed by atoms with Crippen molar-refractivity contribution >= 4 is 28.0 Å². The number of anilines is 3.